The third-order valence-electron chi connectivity index (χ3n) is 5.19. The smallest absolute Gasteiger partial charge is 0.444 e. The lowest BCUT2D eigenvalue weighted by atomic mass is 10.1. The third kappa shape index (κ3) is 7.43. The average molecular weight is 576 g/mol. The van der Waals surface area contributed by atoms with E-state index in [2.05, 4.69) is 15.2 Å². The van der Waals surface area contributed by atoms with Gasteiger partial charge in [-0.05, 0) is 50.6 Å². The van der Waals surface area contributed by atoms with Gasteiger partial charge in [0.1, 0.15) is 23.2 Å². The van der Waals surface area contributed by atoms with Gasteiger partial charge in [0.05, 0.1) is 17.8 Å². The summed E-state index contributed by atoms with van der Waals surface area (Å²) in [5, 5.41) is 5.82. The molecule has 15 heteroatoms. The van der Waals surface area contributed by atoms with Crippen LogP contribution < -0.4 is 26.5 Å². The predicted molar refractivity (Wildman–Crippen MR) is 134 cm³/mol. The van der Waals surface area contributed by atoms with E-state index in [1.54, 1.807) is 20.8 Å². The summed E-state index contributed by atoms with van der Waals surface area (Å²) in [5.41, 5.74) is 5.29. The molecule has 39 heavy (non-hydrogen) atoms. The number of nitrogens with one attached hydrogen (secondary N) is 1. The molecule has 2 amide bonds. The van der Waals surface area contributed by atoms with E-state index in [1.165, 1.54) is 23.1 Å². The molecular weight excluding hydrogens is 549 g/mol. The highest BCUT2D eigenvalue weighted by atomic mass is 32.2. The minimum Gasteiger partial charge on any atom is -0.444 e. The lowest BCUT2D eigenvalue weighted by molar-refractivity contribution is -0.253. The SMILES string of the molecule is CC(C)(C)OC(=O)N[C@H]1CSc2cc(F)c(/C(N)=N/N)cc2N(Cc2ccc(OC(F)(F)C(F)F)cc2)C1=O. The van der Waals surface area contributed by atoms with E-state index in [0.717, 1.165) is 30.0 Å². The summed E-state index contributed by atoms with van der Waals surface area (Å²) in [5.74, 6) is 3.02. The van der Waals surface area contributed by atoms with E-state index >= 15 is 0 Å². The second kappa shape index (κ2) is 11.6. The highest BCUT2D eigenvalue weighted by molar-refractivity contribution is 7.99. The van der Waals surface area contributed by atoms with Gasteiger partial charge in [-0.1, -0.05) is 12.1 Å². The van der Waals surface area contributed by atoms with Crippen molar-refractivity contribution in [2.24, 2.45) is 16.7 Å². The maximum Gasteiger partial charge on any atom is 0.461 e. The monoisotopic (exact) mass is 575 g/mol. The van der Waals surface area contributed by atoms with Crippen LogP contribution in [0.1, 0.15) is 31.9 Å². The molecular formula is C24H26F5N5O4S. The van der Waals surface area contributed by atoms with Crippen molar-refractivity contribution in [3.05, 3.63) is 53.3 Å². The Labute approximate surface area is 224 Å². The summed E-state index contributed by atoms with van der Waals surface area (Å²) in [6.07, 6.45) is -9.57. The maximum absolute atomic E-state index is 14.8. The Morgan fingerprint density at radius 1 is 1.23 bits per heavy atom. The lowest BCUT2D eigenvalue weighted by Gasteiger charge is -2.27. The predicted octanol–water partition coefficient (Wildman–Crippen LogP) is 4.17. The number of amides is 2. The van der Waals surface area contributed by atoms with Crippen LogP contribution in [0.5, 0.6) is 5.75 Å². The number of alkyl halides is 4. The number of thioether (sulfide) groups is 1. The highest BCUT2D eigenvalue weighted by Crippen LogP contribution is 2.37. The fourth-order valence-electron chi connectivity index (χ4n) is 3.45. The summed E-state index contributed by atoms with van der Waals surface area (Å²) in [4.78, 5) is 27.6. The number of rotatable bonds is 7. The lowest BCUT2D eigenvalue weighted by Crippen LogP contribution is -2.50. The van der Waals surface area contributed by atoms with Crippen LogP contribution in [0.2, 0.25) is 0 Å². The number of halogens is 5. The minimum absolute atomic E-state index is 0.0241. The number of benzene rings is 2. The van der Waals surface area contributed by atoms with E-state index in [4.69, 9.17) is 16.3 Å². The van der Waals surface area contributed by atoms with Gasteiger partial charge in [0.25, 0.3) is 5.91 Å². The van der Waals surface area contributed by atoms with Crippen molar-refractivity contribution in [3.8, 4) is 5.75 Å². The van der Waals surface area contributed by atoms with Crippen LogP contribution in [0.15, 0.2) is 46.4 Å². The van der Waals surface area contributed by atoms with Crippen LogP contribution in [0.25, 0.3) is 0 Å². The van der Waals surface area contributed by atoms with Gasteiger partial charge in [-0.25, -0.2) is 9.18 Å². The van der Waals surface area contributed by atoms with Crippen LogP contribution in [-0.4, -0.2) is 47.8 Å². The number of hydrogen-bond donors (Lipinski definition) is 3. The largest absolute Gasteiger partial charge is 0.461 e. The van der Waals surface area contributed by atoms with Crippen molar-refractivity contribution in [1.29, 1.82) is 0 Å². The number of nitrogens with two attached hydrogens (primary N) is 2. The first-order chi connectivity index (χ1) is 18.1. The Morgan fingerprint density at radius 2 is 1.87 bits per heavy atom. The highest BCUT2D eigenvalue weighted by Gasteiger charge is 2.44. The Morgan fingerprint density at radius 3 is 2.44 bits per heavy atom. The molecule has 212 valence electrons. The van der Waals surface area contributed by atoms with E-state index in [1.807, 2.05) is 0 Å². The molecule has 0 fully saturated rings. The zero-order valence-electron chi connectivity index (χ0n) is 21.0. The van der Waals surface area contributed by atoms with Gasteiger partial charge in [0.15, 0.2) is 5.84 Å². The van der Waals surface area contributed by atoms with Crippen LogP contribution in [0.4, 0.5) is 32.4 Å². The van der Waals surface area contributed by atoms with Crippen LogP contribution in [0, 0.1) is 5.82 Å². The van der Waals surface area contributed by atoms with Crippen molar-refractivity contribution in [3.63, 3.8) is 0 Å². The van der Waals surface area contributed by atoms with Crippen LogP contribution in [0.3, 0.4) is 0 Å². The standard InChI is InChI=1S/C24H26F5N5O4S/c1-23(2,3)38-22(36)32-16-11-39-18-9-15(25)14(19(30)33-31)8-17(18)34(20(16)35)10-12-4-6-13(7-5-12)37-24(28,29)21(26)27/h4-9,16,21H,10-11,31H2,1-3H3,(H2,30,33)(H,32,36)/t16-/m0/s1. The Balaban J connectivity index is 1.97. The summed E-state index contributed by atoms with van der Waals surface area (Å²) in [6, 6.07) is 5.97. The maximum atomic E-state index is 14.8. The van der Waals surface area contributed by atoms with Crippen molar-refractivity contribution < 1.29 is 41.0 Å². The Hall–Kier alpha value is -3.75. The van der Waals surface area contributed by atoms with Gasteiger partial charge in [0.2, 0.25) is 0 Å². The molecule has 1 aliphatic heterocycles. The molecule has 0 unspecified atom stereocenters. The van der Waals surface area contributed by atoms with E-state index in [0.29, 0.717) is 10.5 Å². The van der Waals surface area contributed by atoms with Crippen molar-refractivity contribution in [2.45, 2.75) is 56.4 Å². The third-order valence-corrected chi connectivity index (χ3v) is 6.33. The number of anilines is 1. The van der Waals surface area contributed by atoms with E-state index in [9.17, 15) is 31.5 Å². The molecule has 2 aromatic carbocycles. The van der Waals surface area contributed by atoms with E-state index < -0.39 is 47.7 Å². The number of hydrogen-bond acceptors (Lipinski definition) is 7. The number of amidine groups is 1. The molecule has 0 bridgehead atoms. The Kier molecular flexibility index (Phi) is 8.83. The first-order valence-electron chi connectivity index (χ1n) is 11.4. The Bertz CT molecular complexity index is 1250. The number of carbonyl (C=O) groups is 2. The van der Waals surface area contributed by atoms with Gasteiger partial charge in [-0.3, -0.25) is 4.79 Å². The number of fused-ring (bicyclic) bond motifs is 1. The number of nitrogens with zero attached hydrogens (tertiary/aromatic N) is 2. The van der Waals surface area contributed by atoms with Gasteiger partial charge in [0, 0.05) is 10.6 Å². The van der Waals surface area contributed by atoms with Crippen LogP contribution in [-0.2, 0) is 16.1 Å². The minimum atomic E-state index is -4.69. The first-order valence-corrected chi connectivity index (χ1v) is 12.3. The molecule has 1 atom stereocenters. The van der Waals surface area contributed by atoms with E-state index in [-0.39, 0.29) is 29.4 Å². The van der Waals surface area contributed by atoms with Gasteiger partial charge in [-0.15, -0.1) is 11.8 Å². The fraction of sp³-hybridized carbons (Fsp3) is 0.375. The zero-order valence-corrected chi connectivity index (χ0v) is 21.8. The molecule has 0 spiro atoms. The van der Waals surface area contributed by atoms with Crippen molar-refractivity contribution >= 4 is 35.3 Å². The molecule has 0 saturated heterocycles. The summed E-state index contributed by atoms with van der Waals surface area (Å²) < 4.78 is 75.5. The number of hydrazone groups is 1. The first kappa shape index (κ1) is 29.8. The molecule has 0 aromatic heterocycles. The zero-order chi connectivity index (χ0) is 29.1. The van der Waals surface area contributed by atoms with Crippen molar-refractivity contribution in [2.75, 3.05) is 10.7 Å². The van der Waals surface area contributed by atoms with Gasteiger partial charge < -0.3 is 31.3 Å². The molecule has 9 nitrogen and oxygen atoms in total. The van der Waals surface area contributed by atoms with Gasteiger partial charge in [-0.2, -0.15) is 22.7 Å². The average Bonchev–Trinajstić information content (AvgIpc) is 2.95. The summed E-state index contributed by atoms with van der Waals surface area (Å²) in [6.45, 7) is 4.76. The second-order valence-corrected chi connectivity index (χ2v) is 10.4. The van der Waals surface area contributed by atoms with Gasteiger partial charge >= 0.3 is 18.6 Å². The second-order valence-electron chi connectivity index (χ2n) is 9.36. The molecule has 0 radical (unpaired) electrons. The molecule has 0 aliphatic carbocycles. The summed E-state index contributed by atoms with van der Waals surface area (Å²) in [7, 11) is 0. The summed E-state index contributed by atoms with van der Waals surface area (Å²) >= 11 is 1.09. The molecule has 5 N–H and O–H groups in total. The fourth-order valence-corrected chi connectivity index (χ4v) is 4.53. The number of alkyl carbamates (subject to hydrolysis) is 1. The molecule has 1 aliphatic rings. The normalized spacial score (nSPS) is 16.5. The topological polar surface area (TPSA) is 132 Å². The molecule has 1 heterocycles. The molecule has 0 saturated carbocycles. The molecule has 2 aromatic rings. The quantitative estimate of drug-likeness (QED) is 0.148. The number of ether oxygens (including phenoxy) is 2. The number of carbonyl (C=O) groups excluding carboxylic acids is 2. The molecule has 3 rings (SSSR count). The van der Waals surface area contributed by atoms with Crippen molar-refractivity contribution in [1.82, 2.24) is 5.32 Å². The van der Waals surface area contributed by atoms with Crippen LogP contribution >= 0.6 is 11.8 Å².